The van der Waals surface area contributed by atoms with Crippen molar-refractivity contribution < 1.29 is 34.0 Å². The van der Waals surface area contributed by atoms with Crippen molar-refractivity contribution in [3.63, 3.8) is 0 Å². The number of aliphatic hydroxyl groups excluding tert-OH is 1. The van der Waals surface area contributed by atoms with Crippen LogP contribution >= 0.6 is 0 Å². The van der Waals surface area contributed by atoms with E-state index in [1.165, 1.54) is 0 Å². The fourth-order valence-electron chi connectivity index (χ4n) is 4.06. The molecule has 2 bridgehead atoms. The highest BCUT2D eigenvalue weighted by atomic mass is 16.7. The third-order valence-corrected chi connectivity index (χ3v) is 5.77. The first-order valence-electron chi connectivity index (χ1n) is 9.04. The van der Waals surface area contributed by atoms with Gasteiger partial charge in [-0.25, -0.2) is 9.59 Å². The van der Waals surface area contributed by atoms with E-state index in [0.717, 1.165) is 0 Å². The Kier molecular flexibility index (Phi) is 4.82. The summed E-state index contributed by atoms with van der Waals surface area (Å²) in [5.41, 5.74) is 0.0310. The Morgan fingerprint density at radius 3 is 2.74 bits per heavy atom. The SMILES string of the molecule is C=C1C(=O)O[C@@H]2/C=C(/C)[C@@]3(O)O[C@](C)(C[C@@H](OC(=O)/C(C)=C\C)[C@@H]12)C[C@@H]3O. The first kappa shape index (κ1) is 19.8. The summed E-state index contributed by atoms with van der Waals surface area (Å²) >= 11 is 0. The molecule has 3 rings (SSSR count). The maximum absolute atomic E-state index is 12.4. The molecule has 3 aliphatic rings. The molecule has 7 heteroatoms. The molecule has 0 unspecified atom stereocenters. The Morgan fingerprint density at radius 1 is 1.44 bits per heavy atom. The molecule has 0 aromatic rings. The number of carbonyl (C=O) groups excluding carboxylic acids is 2. The Labute approximate surface area is 158 Å². The summed E-state index contributed by atoms with van der Waals surface area (Å²) in [4.78, 5) is 24.5. The molecule has 2 saturated heterocycles. The second-order valence-corrected chi connectivity index (χ2v) is 7.86. The van der Waals surface area contributed by atoms with Crippen LogP contribution in [0.4, 0.5) is 0 Å². The van der Waals surface area contributed by atoms with Gasteiger partial charge in [-0.1, -0.05) is 12.7 Å². The van der Waals surface area contributed by atoms with Crippen molar-refractivity contribution in [2.45, 2.75) is 70.2 Å². The van der Waals surface area contributed by atoms with Crippen molar-refractivity contribution >= 4 is 11.9 Å². The standard InChI is InChI=1S/C20H26O7/c1-6-10(2)17(22)26-14-8-19(5)9-15(21)20(24,27-19)11(3)7-13-16(14)12(4)18(23)25-13/h6-7,13-16,21,24H,4,8-9H2,1-3,5H3/b10-6-,11-7-/t13-,14-,15+,16+,19-,20-/m1/s1. The zero-order chi connectivity index (χ0) is 20.1. The minimum atomic E-state index is -1.88. The summed E-state index contributed by atoms with van der Waals surface area (Å²) in [6.07, 6.45) is 0.834. The summed E-state index contributed by atoms with van der Waals surface area (Å²) in [5, 5.41) is 21.3. The van der Waals surface area contributed by atoms with Crippen molar-refractivity contribution in [2.75, 3.05) is 0 Å². The molecule has 7 nitrogen and oxygen atoms in total. The van der Waals surface area contributed by atoms with E-state index in [4.69, 9.17) is 14.2 Å². The van der Waals surface area contributed by atoms with E-state index in [1.807, 2.05) is 0 Å². The Bertz CT molecular complexity index is 751. The van der Waals surface area contributed by atoms with Crippen LogP contribution < -0.4 is 0 Å². The fourth-order valence-corrected chi connectivity index (χ4v) is 4.06. The summed E-state index contributed by atoms with van der Waals surface area (Å²) in [7, 11) is 0. The molecule has 148 valence electrons. The summed E-state index contributed by atoms with van der Waals surface area (Å²) < 4.78 is 17.0. The van der Waals surface area contributed by atoms with E-state index in [9.17, 15) is 19.8 Å². The molecule has 6 atom stereocenters. The largest absolute Gasteiger partial charge is 0.458 e. The Balaban J connectivity index is 2.06. The molecule has 0 aromatic heterocycles. The lowest BCUT2D eigenvalue weighted by molar-refractivity contribution is -0.225. The van der Waals surface area contributed by atoms with E-state index in [-0.39, 0.29) is 18.4 Å². The number of ether oxygens (including phenoxy) is 3. The molecule has 2 N–H and O–H groups in total. The van der Waals surface area contributed by atoms with E-state index >= 15 is 0 Å². The summed E-state index contributed by atoms with van der Waals surface area (Å²) in [5.74, 6) is -3.55. The highest BCUT2D eigenvalue weighted by Gasteiger charge is 2.58. The number of allylic oxidation sites excluding steroid dienone is 1. The number of hydrogen-bond donors (Lipinski definition) is 2. The highest BCUT2D eigenvalue weighted by molar-refractivity contribution is 5.92. The fraction of sp³-hybridized carbons (Fsp3) is 0.600. The lowest BCUT2D eigenvalue weighted by Gasteiger charge is -2.33. The van der Waals surface area contributed by atoms with Gasteiger partial charge in [0.1, 0.15) is 18.3 Å². The van der Waals surface area contributed by atoms with Crippen LogP contribution in [0.2, 0.25) is 0 Å². The molecule has 27 heavy (non-hydrogen) atoms. The van der Waals surface area contributed by atoms with Gasteiger partial charge in [0.05, 0.1) is 11.5 Å². The zero-order valence-corrected chi connectivity index (χ0v) is 16.0. The molecule has 0 amide bonds. The van der Waals surface area contributed by atoms with E-state index in [1.54, 1.807) is 39.8 Å². The molecule has 0 radical (unpaired) electrons. The normalized spacial score (nSPS) is 43.8. The second-order valence-electron chi connectivity index (χ2n) is 7.86. The third-order valence-electron chi connectivity index (χ3n) is 5.77. The van der Waals surface area contributed by atoms with Gasteiger partial charge in [-0.05, 0) is 39.3 Å². The van der Waals surface area contributed by atoms with Gasteiger partial charge in [0.2, 0.25) is 5.79 Å². The van der Waals surface area contributed by atoms with Crippen molar-refractivity contribution in [2.24, 2.45) is 5.92 Å². The molecule has 3 heterocycles. The maximum Gasteiger partial charge on any atom is 0.334 e. The monoisotopic (exact) mass is 378 g/mol. The minimum Gasteiger partial charge on any atom is -0.458 e. The first-order chi connectivity index (χ1) is 12.5. The van der Waals surface area contributed by atoms with Crippen LogP contribution in [-0.2, 0) is 23.8 Å². The number of carbonyl (C=O) groups is 2. The number of esters is 2. The first-order valence-corrected chi connectivity index (χ1v) is 9.04. The lowest BCUT2D eigenvalue weighted by Crippen LogP contribution is -2.41. The van der Waals surface area contributed by atoms with Crippen LogP contribution in [0.15, 0.2) is 35.5 Å². The number of hydrogen-bond acceptors (Lipinski definition) is 7. The number of fused-ring (bicyclic) bond motifs is 3. The molecule has 2 fully saturated rings. The molecule has 0 saturated carbocycles. The van der Waals surface area contributed by atoms with Gasteiger partial charge in [-0.3, -0.25) is 0 Å². The number of rotatable bonds is 2. The van der Waals surface area contributed by atoms with Crippen molar-refractivity contribution in [1.82, 2.24) is 0 Å². The quantitative estimate of drug-likeness (QED) is 0.427. The minimum absolute atomic E-state index is 0.157. The van der Waals surface area contributed by atoms with Crippen LogP contribution in [0.5, 0.6) is 0 Å². The maximum atomic E-state index is 12.4. The molecule has 0 aromatic carbocycles. The average Bonchev–Trinajstić information content (AvgIpc) is 2.99. The molecular formula is C20H26O7. The molecule has 3 aliphatic heterocycles. The van der Waals surface area contributed by atoms with Crippen molar-refractivity contribution in [3.05, 3.63) is 35.5 Å². The van der Waals surface area contributed by atoms with Crippen LogP contribution in [0.25, 0.3) is 0 Å². The van der Waals surface area contributed by atoms with Gasteiger partial charge in [-0.15, -0.1) is 0 Å². The highest BCUT2D eigenvalue weighted by Crippen LogP contribution is 2.48. The predicted octanol–water partition coefficient (Wildman–Crippen LogP) is 1.54. The van der Waals surface area contributed by atoms with Crippen molar-refractivity contribution in [3.8, 4) is 0 Å². The Morgan fingerprint density at radius 2 is 2.11 bits per heavy atom. The smallest absolute Gasteiger partial charge is 0.334 e. The summed E-state index contributed by atoms with van der Waals surface area (Å²) in [6.45, 7) is 10.5. The van der Waals surface area contributed by atoms with Crippen LogP contribution in [0.3, 0.4) is 0 Å². The molecule has 0 spiro atoms. The average molecular weight is 378 g/mol. The van der Waals surface area contributed by atoms with Crippen LogP contribution in [0, 0.1) is 5.92 Å². The second kappa shape index (κ2) is 6.58. The Hall–Kier alpha value is -1.96. The zero-order valence-electron chi connectivity index (χ0n) is 16.0. The van der Waals surface area contributed by atoms with Gasteiger partial charge in [-0.2, -0.15) is 0 Å². The predicted molar refractivity (Wildman–Crippen MR) is 95.3 cm³/mol. The van der Waals surface area contributed by atoms with Gasteiger partial charge in [0.25, 0.3) is 0 Å². The van der Waals surface area contributed by atoms with Gasteiger partial charge < -0.3 is 24.4 Å². The van der Waals surface area contributed by atoms with E-state index in [2.05, 4.69) is 6.58 Å². The van der Waals surface area contributed by atoms with Crippen LogP contribution in [0.1, 0.15) is 40.5 Å². The molecule has 0 aliphatic carbocycles. The van der Waals surface area contributed by atoms with Gasteiger partial charge in [0, 0.05) is 24.0 Å². The van der Waals surface area contributed by atoms with Crippen molar-refractivity contribution in [1.29, 1.82) is 0 Å². The van der Waals surface area contributed by atoms with E-state index < -0.39 is 47.6 Å². The van der Waals surface area contributed by atoms with Gasteiger partial charge in [0.15, 0.2) is 0 Å². The van der Waals surface area contributed by atoms with E-state index in [0.29, 0.717) is 11.1 Å². The topological polar surface area (TPSA) is 102 Å². The van der Waals surface area contributed by atoms with Crippen LogP contribution in [-0.4, -0.2) is 51.9 Å². The third kappa shape index (κ3) is 3.24. The molecular weight excluding hydrogens is 352 g/mol. The number of aliphatic hydroxyl groups is 2. The lowest BCUT2D eigenvalue weighted by atomic mass is 9.81. The van der Waals surface area contributed by atoms with Gasteiger partial charge >= 0.3 is 11.9 Å². The summed E-state index contributed by atoms with van der Waals surface area (Å²) in [6, 6.07) is 0.